The van der Waals surface area contributed by atoms with Crippen molar-refractivity contribution in [2.45, 2.75) is 13.8 Å². The highest BCUT2D eigenvalue weighted by Gasteiger charge is 2.11. The van der Waals surface area contributed by atoms with Crippen molar-refractivity contribution in [2.24, 2.45) is 0 Å². The monoisotopic (exact) mass is 273 g/mol. The van der Waals surface area contributed by atoms with E-state index in [1.165, 1.54) is 12.1 Å². The molecule has 0 aliphatic rings. The number of aromatic nitrogens is 3. The van der Waals surface area contributed by atoms with Gasteiger partial charge in [-0.05, 0) is 55.4 Å². The molecule has 0 aliphatic heterocycles. The third-order valence-electron chi connectivity index (χ3n) is 3.20. The number of benzene rings is 1. The first-order valence-electron chi connectivity index (χ1n) is 5.91. The number of pyridine rings is 1. The second kappa shape index (κ2) is 4.28. The van der Waals surface area contributed by atoms with Gasteiger partial charge in [0.25, 0.3) is 0 Å². The van der Waals surface area contributed by atoms with Gasteiger partial charge in [0.1, 0.15) is 5.82 Å². The van der Waals surface area contributed by atoms with Crippen LogP contribution in [0.5, 0.6) is 0 Å². The molecule has 0 bridgehead atoms. The first-order valence-corrected chi connectivity index (χ1v) is 6.31. The van der Waals surface area contributed by atoms with Gasteiger partial charge in [-0.15, -0.1) is 0 Å². The Morgan fingerprint density at radius 2 is 2.00 bits per heavy atom. The van der Waals surface area contributed by atoms with E-state index in [1.807, 2.05) is 19.9 Å². The lowest BCUT2D eigenvalue weighted by Crippen LogP contribution is -1.99. The van der Waals surface area contributed by atoms with Gasteiger partial charge in [-0.3, -0.25) is 4.57 Å². The summed E-state index contributed by atoms with van der Waals surface area (Å²) in [5.74, 6) is -0.287. The molecule has 0 radical (unpaired) electrons. The quantitative estimate of drug-likeness (QED) is 0.683. The fourth-order valence-corrected chi connectivity index (χ4v) is 2.46. The third kappa shape index (κ3) is 1.86. The highest BCUT2D eigenvalue weighted by atomic mass is 32.1. The van der Waals surface area contributed by atoms with Crippen LogP contribution in [0.15, 0.2) is 30.5 Å². The van der Waals surface area contributed by atoms with Gasteiger partial charge in [0.2, 0.25) is 0 Å². The number of nitrogens with one attached hydrogen (secondary N) is 1. The van der Waals surface area contributed by atoms with Gasteiger partial charge in [0.15, 0.2) is 10.4 Å². The summed E-state index contributed by atoms with van der Waals surface area (Å²) in [5, 5.41) is 0. The second-order valence-electron chi connectivity index (χ2n) is 4.52. The van der Waals surface area contributed by atoms with E-state index >= 15 is 0 Å². The van der Waals surface area contributed by atoms with Crippen molar-refractivity contribution < 1.29 is 4.39 Å². The smallest absolute Gasteiger partial charge is 0.184 e. The Balaban J connectivity index is 2.43. The molecule has 0 unspecified atom stereocenters. The Labute approximate surface area is 114 Å². The molecule has 3 rings (SSSR count). The second-order valence-corrected chi connectivity index (χ2v) is 4.91. The fraction of sp³-hybridized carbons (Fsp3) is 0.143. The molecule has 0 aliphatic carbocycles. The van der Waals surface area contributed by atoms with Crippen molar-refractivity contribution in [1.82, 2.24) is 14.5 Å². The van der Waals surface area contributed by atoms with Gasteiger partial charge < -0.3 is 4.98 Å². The predicted octanol–water partition coefficient (Wildman–Crippen LogP) is 3.84. The topological polar surface area (TPSA) is 33.6 Å². The molecule has 0 amide bonds. The van der Waals surface area contributed by atoms with Crippen LogP contribution in [0.25, 0.3) is 16.9 Å². The van der Waals surface area contributed by atoms with E-state index in [1.54, 1.807) is 16.8 Å². The largest absolute Gasteiger partial charge is 0.329 e. The molecule has 1 aromatic carbocycles. The number of aromatic amines is 1. The van der Waals surface area contributed by atoms with Crippen LogP contribution in [0.3, 0.4) is 0 Å². The Morgan fingerprint density at radius 3 is 2.79 bits per heavy atom. The van der Waals surface area contributed by atoms with Crippen molar-refractivity contribution >= 4 is 23.4 Å². The zero-order chi connectivity index (χ0) is 13.6. The number of hydrogen-bond acceptors (Lipinski definition) is 2. The molecule has 2 aromatic heterocycles. The Kier molecular flexibility index (Phi) is 2.71. The average Bonchev–Trinajstić information content (AvgIpc) is 2.70. The van der Waals surface area contributed by atoms with Crippen molar-refractivity contribution in [3.05, 3.63) is 52.2 Å². The lowest BCUT2D eigenvalue weighted by molar-refractivity contribution is 0.626. The zero-order valence-corrected chi connectivity index (χ0v) is 11.4. The Hall–Kier alpha value is -2.01. The maximum atomic E-state index is 13.5. The molecule has 3 aromatic rings. The van der Waals surface area contributed by atoms with Crippen molar-refractivity contribution in [2.75, 3.05) is 0 Å². The normalized spacial score (nSPS) is 11.1. The van der Waals surface area contributed by atoms with Crippen LogP contribution in [-0.2, 0) is 0 Å². The molecule has 0 spiro atoms. The number of fused-ring (bicyclic) bond motifs is 1. The molecule has 5 heteroatoms. The van der Waals surface area contributed by atoms with E-state index in [-0.39, 0.29) is 5.82 Å². The molecular formula is C14H12FN3S. The molecule has 0 saturated heterocycles. The highest BCUT2D eigenvalue weighted by molar-refractivity contribution is 7.71. The van der Waals surface area contributed by atoms with E-state index in [0.717, 1.165) is 22.3 Å². The number of aryl methyl sites for hydroxylation is 2. The summed E-state index contributed by atoms with van der Waals surface area (Å²) in [7, 11) is 0. The number of hydrogen-bond donors (Lipinski definition) is 1. The van der Waals surface area contributed by atoms with Crippen LogP contribution in [0.2, 0.25) is 0 Å². The summed E-state index contributed by atoms with van der Waals surface area (Å²) in [5.41, 5.74) is 4.33. The standard InChI is InChI=1S/C14H12FN3S/c1-8-3-4-10(15)7-11(8)18-13-12(17-14(18)19)9(2)5-6-16-13/h3-7H,1-2H3,(H,17,19). The van der Waals surface area contributed by atoms with E-state index in [9.17, 15) is 4.39 Å². The van der Waals surface area contributed by atoms with Gasteiger partial charge in [-0.25, -0.2) is 9.37 Å². The first kappa shape index (κ1) is 12.0. The molecule has 1 N–H and O–H groups in total. The molecule has 96 valence electrons. The van der Waals surface area contributed by atoms with E-state index in [4.69, 9.17) is 12.2 Å². The molecule has 2 heterocycles. The van der Waals surface area contributed by atoms with Crippen LogP contribution < -0.4 is 0 Å². The van der Waals surface area contributed by atoms with E-state index in [0.29, 0.717) is 10.5 Å². The summed E-state index contributed by atoms with van der Waals surface area (Å²) >= 11 is 5.34. The van der Waals surface area contributed by atoms with Crippen molar-refractivity contribution in [1.29, 1.82) is 0 Å². The first-order chi connectivity index (χ1) is 9.08. The SMILES string of the molecule is Cc1ccc(F)cc1-n1c(=S)[nH]c2c(C)ccnc21. The Morgan fingerprint density at radius 1 is 1.21 bits per heavy atom. The van der Waals surface area contributed by atoms with Crippen molar-refractivity contribution in [3.8, 4) is 5.69 Å². The van der Waals surface area contributed by atoms with Crippen LogP contribution in [0.4, 0.5) is 4.39 Å². The van der Waals surface area contributed by atoms with Crippen LogP contribution in [-0.4, -0.2) is 14.5 Å². The molecule has 19 heavy (non-hydrogen) atoms. The summed E-state index contributed by atoms with van der Waals surface area (Å²) in [6.07, 6.45) is 1.73. The number of rotatable bonds is 1. The number of H-pyrrole nitrogens is 1. The number of nitrogens with zero attached hydrogens (tertiary/aromatic N) is 2. The Bertz CT molecular complexity index is 832. The van der Waals surface area contributed by atoms with Gasteiger partial charge in [-0.1, -0.05) is 6.07 Å². The summed E-state index contributed by atoms with van der Waals surface area (Å²) in [6, 6.07) is 6.57. The molecule has 3 nitrogen and oxygen atoms in total. The minimum Gasteiger partial charge on any atom is -0.329 e. The highest BCUT2D eigenvalue weighted by Crippen LogP contribution is 2.23. The maximum absolute atomic E-state index is 13.5. The van der Waals surface area contributed by atoms with Crippen LogP contribution in [0, 0.1) is 24.4 Å². The van der Waals surface area contributed by atoms with E-state index < -0.39 is 0 Å². The summed E-state index contributed by atoms with van der Waals surface area (Å²) < 4.78 is 15.8. The molecule has 0 saturated carbocycles. The van der Waals surface area contributed by atoms with Gasteiger partial charge in [0.05, 0.1) is 11.2 Å². The van der Waals surface area contributed by atoms with Gasteiger partial charge >= 0.3 is 0 Å². The number of halogens is 1. The maximum Gasteiger partial charge on any atom is 0.184 e. The van der Waals surface area contributed by atoms with Gasteiger partial charge in [-0.2, -0.15) is 0 Å². The van der Waals surface area contributed by atoms with Gasteiger partial charge in [0, 0.05) is 6.20 Å². The zero-order valence-electron chi connectivity index (χ0n) is 10.6. The summed E-state index contributed by atoms with van der Waals surface area (Å²) in [4.78, 5) is 7.49. The van der Waals surface area contributed by atoms with Crippen LogP contribution >= 0.6 is 12.2 Å². The number of imidazole rings is 1. The van der Waals surface area contributed by atoms with Crippen LogP contribution in [0.1, 0.15) is 11.1 Å². The predicted molar refractivity (Wildman–Crippen MR) is 75.7 cm³/mol. The minimum atomic E-state index is -0.287. The summed E-state index contributed by atoms with van der Waals surface area (Å²) in [6.45, 7) is 3.91. The van der Waals surface area contributed by atoms with E-state index in [2.05, 4.69) is 9.97 Å². The van der Waals surface area contributed by atoms with Crippen molar-refractivity contribution in [3.63, 3.8) is 0 Å². The lowest BCUT2D eigenvalue weighted by Gasteiger charge is -2.08. The minimum absolute atomic E-state index is 0.287. The third-order valence-corrected chi connectivity index (χ3v) is 3.48. The molecule has 0 fully saturated rings. The fourth-order valence-electron chi connectivity index (χ4n) is 2.17. The molecule has 0 atom stereocenters. The average molecular weight is 273 g/mol. The lowest BCUT2D eigenvalue weighted by atomic mass is 10.2. The molecular weight excluding hydrogens is 261 g/mol.